The van der Waals surface area contributed by atoms with E-state index < -0.39 is 0 Å². The van der Waals surface area contributed by atoms with E-state index in [9.17, 15) is 9.59 Å². The van der Waals surface area contributed by atoms with Crippen LogP contribution in [0.2, 0.25) is 0 Å². The lowest BCUT2D eigenvalue weighted by molar-refractivity contribution is -0.119. The molecule has 0 bridgehead atoms. The first-order valence-corrected chi connectivity index (χ1v) is 8.37. The second kappa shape index (κ2) is 7.06. The van der Waals surface area contributed by atoms with Gasteiger partial charge in [-0.2, -0.15) is 0 Å². The molecule has 3 rings (SSSR count). The third-order valence-corrected chi connectivity index (χ3v) is 4.78. The molecule has 0 saturated carbocycles. The number of nitrogens with zero attached hydrogens (tertiary/aromatic N) is 3. The number of methoxy groups -OCH3 is 1. The Balaban J connectivity index is 1.68. The van der Waals surface area contributed by atoms with Crippen LogP contribution >= 0.6 is 11.3 Å². The molecule has 1 saturated heterocycles. The first-order chi connectivity index (χ1) is 11.6. The van der Waals surface area contributed by atoms with E-state index in [1.165, 1.54) is 18.4 Å². The smallest absolute Gasteiger partial charge is 0.252 e. The minimum absolute atomic E-state index is 0.00983. The summed E-state index contributed by atoms with van der Waals surface area (Å²) in [6, 6.07) is 7.88. The Morgan fingerprint density at radius 2 is 2.12 bits per heavy atom. The van der Waals surface area contributed by atoms with Gasteiger partial charge in [0.2, 0.25) is 11.0 Å². The van der Waals surface area contributed by atoms with Gasteiger partial charge in [0.25, 0.3) is 5.91 Å². The molecule has 0 aliphatic carbocycles. The summed E-state index contributed by atoms with van der Waals surface area (Å²) < 4.78 is 4.76. The van der Waals surface area contributed by atoms with Gasteiger partial charge in [-0.15, -0.1) is 10.2 Å². The molecule has 0 unspecified atom stereocenters. The minimum Gasteiger partial charge on any atom is -0.375 e. The molecule has 0 spiro atoms. The van der Waals surface area contributed by atoms with E-state index in [-0.39, 0.29) is 24.3 Å². The topological polar surface area (TPSA) is 84.4 Å². The van der Waals surface area contributed by atoms with Crippen LogP contribution in [0, 0.1) is 6.92 Å². The highest BCUT2D eigenvalue weighted by molar-refractivity contribution is 7.15. The maximum atomic E-state index is 12.3. The third kappa shape index (κ3) is 3.60. The number of aryl methyl sites for hydroxylation is 1. The Morgan fingerprint density at radius 1 is 1.38 bits per heavy atom. The zero-order valence-electron chi connectivity index (χ0n) is 13.5. The monoisotopic (exact) mass is 346 g/mol. The van der Waals surface area contributed by atoms with E-state index >= 15 is 0 Å². The van der Waals surface area contributed by atoms with Crippen molar-refractivity contribution in [3.05, 3.63) is 34.8 Å². The van der Waals surface area contributed by atoms with Gasteiger partial charge >= 0.3 is 0 Å². The number of carbonyl (C=O) groups excluding carboxylic acids is 2. The third-order valence-electron chi connectivity index (χ3n) is 3.78. The van der Waals surface area contributed by atoms with Crippen molar-refractivity contribution in [3.63, 3.8) is 0 Å². The Hall–Kier alpha value is -2.32. The largest absolute Gasteiger partial charge is 0.375 e. The average Bonchev–Trinajstić information content (AvgIpc) is 3.15. The van der Waals surface area contributed by atoms with Crippen molar-refractivity contribution in [2.75, 3.05) is 30.5 Å². The summed E-state index contributed by atoms with van der Waals surface area (Å²) in [5.74, 6) is -0.211. The summed E-state index contributed by atoms with van der Waals surface area (Å²) >= 11 is 1.30. The maximum absolute atomic E-state index is 12.3. The van der Waals surface area contributed by atoms with Crippen LogP contribution in [-0.4, -0.2) is 42.3 Å². The molecule has 7 nitrogen and oxygen atoms in total. The van der Waals surface area contributed by atoms with Crippen molar-refractivity contribution in [2.45, 2.75) is 19.3 Å². The molecular weight excluding hydrogens is 328 g/mol. The Kier molecular flexibility index (Phi) is 4.86. The lowest BCUT2D eigenvalue weighted by Gasteiger charge is -2.16. The van der Waals surface area contributed by atoms with Crippen LogP contribution < -0.4 is 10.2 Å². The highest BCUT2D eigenvalue weighted by Gasteiger charge is 2.33. The van der Waals surface area contributed by atoms with Gasteiger partial charge in [0, 0.05) is 31.7 Å². The molecule has 24 heavy (non-hydrogen) atoms. The molecule has 1 aromatic heterocycles. The molecule has 2 heterocycles. The summed E-state index contributed by atoms with van der Waals surface area (Å²) in [7, 11) is 1.45. The highest BCUT2D eigenvalue weighted by Crippen LogP contribution is 2.34. The Bertz CT molecular complexity index is 744. The zero-order chi connectivity index (χ0) is 17.1. The lowest BCUT2D eigenvalue weighted by Crippen LogP contribution is -2.24. The normalized spacial score (nSPS) is 17.3. The van der Waals surface area contributed by atoms with Gasteiger partial charge in [-0.1, -0.05) is 29.0 Å². The highest BCUT2D eigenvalue weighted by atomic mass is 32.1. The van der Waals surface area contributed by atoms with E-state index in [0.717, 1.165) is 16.3 Å². The number of hydrogen-bond donors (Lipinski definition) is 1. The first kappa shape index (κ1) is 16.5. The molecular formula is C16H18N4O3S. The second-order valence-corrected chi connectivity index (χ2v) is 6.68. The standard InChI is InChI=1S/C16H18N4O3S/c1-10-3-5-12(6-4-10)20-8-11(7-14(20)22)15-18-19-16(24-15)17-13(21)9-23-2/h3-6,11H,7-9H2,1-2H3,(H,17,19,21)/t11-/m1/s1. The number of hydrogen-bond acceptors (Lipinski definition) is 6. The molecule has 8 heteroatoms. The number of benzene rings is 1. The minimum atomic E-state index is -0.274. The van der Waals surface area contributed by atoms with Crippen LogP contribution in [-0.2, 0) is 14.3 Å². The molecule has 1 aromatic carbocycles. The number of carbonyl (C=O) groups is 2. The zero-order valence-corrected chi connectivity index (χ0v) is 14.3. The van der Waals surface area contributed by atoms with Crippen molar-refractivity contribution in [2.24, 2.45) is 0 Å². The van der Waals surface area contributed by atoms with Crippen LogP contribution in [0.5, 0.6) is 0 Å². The summed E-state index contributed by atoms with van der Waals surface area (Å²) in [6.45, 7) is 2.56. The number of ether oxygens (including phenoxy) is 1. The maximum Gasteiger partial charge on any atom is 0.252 e. The molecule has 1 aliphatic heterocycles. The van der Waals surface area contributed by atoms with Gasteiger partial charge in [0.1, 0.15) is 11.6 Å². The average molecular weight is 346 g/mol. The first-order valence-electron chi connectivity index (χ1n) is 7.56. The molecule has 1 aliphatic rings. The molecule has 126 valence electrons. The van der Waals surface area contributed by atoms with Crippen molar-refractivity contribution >= 4 is 34.0 Å². The number of amides is 2. The number of aromatic nitrogens is 2. The van der Waals surface area contributed by atoms with Crippen molar-refractivity contribution < 1.29 is 14.3 Å². The van der Waals surface area contributed by atoms with Crippen LogP contribution in [0.4, 0.5) is 10.8 Å². The van der Waals surface area contributed by atoms with Crippen molar-refractivity contribution in [1.29, 1.82) is 0 Å². The SMILES string of the molecule is COCC(=O)Nc1nnc([C@@H]2CC(=O)N(c3ccc(C)cc3)C2)s1. The predicted molar refractivity (Wildman–Crippen MR) is 91.3 cm³/mol. The van der Waals surface area contributed by atoms with Crippen LogP contribution in [0.25, 0.3) is 0 Å². The fourth-order valence-electron chi connectivity index (χ4n) is 2.58. The van der Waals surface area contributed by atoms with E-state index in [1.807, 2.05) is 31.2 Å². The van der Waals surface area contributed by atoms with Crippen LogP contribution in [0.15, 0.2) is 24.3 Å². The molecule has 1 N–H and O–H groups in total. The molecule has 2 aromatic rings. The summed E-state index contributed by atoms with van der Waals surface area (Å²) in [6.07, 6.45) is 0.397. The van der Waals surface area contributed by atoms with Gasteiger partial charge in [0.15, 0.2) is 0 Å². The second-order valence-electron chi connectivity index (χ2n) is 5.67. The molecule has 0 radical (unpaired) electrons. The van der Waals surface area contributed by atoms with Gasteiger partial charge < -0.3 is 9.64 Å². The number of anilines is 2. The number of rotatable bonds is 5. The summed E-state index contributed by atoms with van der Waals surface area (Å²) in [5, 5.41) is 11.9. The van der Waals surface area contributed by atoms with Crippen molar-refractivity contribution in [3.8, 4) is 0 Å². The van der Waals surface area contributed by atoms with Crippen LogP contribution in [0.1, 0.15) is 22.9 Å². The summed E-state index contributed by atoms with van der Waals surface area (Å²) in [4.78, 5) is 25.6. The van der Waals surface area contributed by atoms with Gasteiger partial charge in [-0.25, -0.2) is 0 Å². The molecule has 1 fully saturated rings. The molecule has 1 atom stereocenters. The van der Waals surface area contributed by atoms with E-state index in [0.29, 0.717) is 18.1 Å². The quantitative estimate of drug-likeness (QED) is 0.894. The number of nitrogens with one attached hydrogen (secondary N) is 1. The fourth-order valence-corrected chi connectivity index (χ4v) is 3.43. The van der Waals surface area contributed by atoms with Crippen molar-refractivity contribution in [1.82, 2.24) is 10.2 Å². The summed E-state index contributed by atoms with van der Waals surface area (Å²) in [5.41, 5.74) is 2.05. The Labute approximate surface area is 143 Å². The van der Waals surface area contributed by atoms with E-state index in [4.69, 9.17) is 4.74 Å². The lowest BCUT2D eigenvalue weighted by atomic mass is 10.1. The van der Waals surface area contributed by atoms with E-state index in [1.54, 1.807) is 4.90 Å². The predicted octanol–water partition coefficient (Wildman–Crippen LogP) is 1.95. The van der Waals surface area contributed by atoms with E-state index in [2.05, 4.69) is 15.5 Å². The van der Waals surface area contributed by atoms with Gasteiger partial charge in [0.05, 0.1) is 0 Å². The Morgan fingerprint density at radius 3 is 2.83 bits per heavy atom. The molecule has 2 amide bonds. The fraction of sp³-hybridized carbons (Fsp3) is 0.375. The van der Waals surface area contributed by atoms with Gasteiger partial charge in [-0.3, -0.25) is 14.9 Å². The van der Waals surface area contributed by atoms with Crippen LogP contribution in [0.3, 0.4) is 0 Å². The van der Waals surface area contributed by atoms with Gasteiger partial charge in [-0.05, 0) is 19.1 Å².